The first kappa shape index (κ1) is 21.8. The van der Waals surface area contributed by atoms with Gasteiger partial charge in [0.05, 0.1) is 6.20 Å². The summed E-state index contributed by atoms with van der Waals surface area (Å²) in [5.74, 6) is -0.0895. The number of aromatic nitrogens is 2. The van der Waals surface area contributed by atoms with Crippen LogP contribution in [-0.4, -0.2) is 64.8 Å². The molecule has 2 atom stereocenters. The molecule has 1 aliphatic heterocycles. The van der Waals surface area contributed by atoms with Gasteiger partial charge in [0, 0.05) is 42.8 Å². The molecule has 1 fully saturated rings. The third kappa shape index (κ3) is 5.08. The number of aliphatic hydroxyl groups is 1. The highest BCUT2D eigenvalue weighted by atomic mass is 32.1. The molecule has 8 heteroatoms. The Morgan fingerprint density at radius 3 is 3.03 bits per heavy atom. The van der Waals surface area contributed by atoms with E-state index in [1.54, 1.807) is 6.20 Å². The number of rotatable bonds is 8. The maximum Gasteiger partial charge on any atom is 0.263 e. The van der Waals surface area contributed by atoms with E-state index in [2.05, 4.69) is 45.4 Å². The molecule has 3 N–H and O–H groups in total. The van der Waals surface area contributed by atoms with Crippen LogP contribution in [0.1, 0.15) is 41.4 Å². The van der Waals surface area contributed by atoms with E-state index in [0.717, 1.165) is 37.7 Å². The molecule has 2 aromatic heterocycles. The van der Waals surface area contributed by atoms with Crippen molar-refractivity contribution < 1.29 is 9.90 Å². The van der Waals surface area contributed by atoms with Gasteiger partial charge in [-0.3, -0.25) is 4.79 Å². The number of hydrogen-bond donors (Lipinski definition) is 3. The number of nitrogens with zero attached hydrogens (tertiary/aromatic N) is 3. The molecule has 1 aromatic carbocycles. The fraction of sp³-hybridized carbons (Fsp3) is 0.478. The molecule has 0 radical (unpaired) electrons. The van der Waals surface area contributed by atoms with Crippen molar-refractivity contribution in [1.29, 1.82) is 0 Å². The van der Waals surface area contributed by atoms with Crippen molar-refractivity contribution in [2.45, 2.75) is 44.9 Å². The average molecular weight is 442 g/mol. The monoisotopic (exact) mass is 441 g/mol. The van der Waals surface area contributed by atoms with Gasteiger partial charge in [-0.1, -0.05) is 49.3 Å². The number of para-hydroxylation sites is 1. The minimum absolute atomic E-state index is 0.0615. The van der Waals surface area contributed by atoms with Gasteiger partial charge in [-0.05, 0) is 31.5 Å². The third-order valence-electron chi connectivity index (χ3n) is 5.90. The van der Waals surface area contributed by atoms with E-state index >= 15 is 0 Å². The first-order valence-electron chi connectivity index (χ1n) is 11.0. The van der Waals surface area contributed by atoms with Crippen LogP contribution in [0.4, 0.5) is 5.13 Å². The van der Waals surface area contributed by atoms with Gasteiger partial charge < -0.3 is 25.2 Å². The van der Waals surface area contributed by atoms with Crippen LogP contribution in [0.2, 0.25) is 0 Å². The summed E-state index contributed by atoms with van der Waals surface area (Å²) >= 11 is 1.35. The Kier molecular flexibility index (Phi) is 6.89. The standard InChI is InChI=1S/C23H31N5O2S/c1-3-4-7-17(12-16-13-24-19-9-6-5-8-18(16)19)26-22(30)20-14-25-23(31-20)28-11-10-27(2)15-21(28)29/h5-6,8-9,13-14,17,21,24,29H,3-4,7,10-12,15H2,1-2H3,(H,26,30). The number of benzene rings is 1. The highest BCUT2D eigenvalue weighted by Gasteiger charge is 2.26. The number of fused-ring (bicyclic) bond motifs is 1. The number of amides is 1. The Morgan fingerprint density at radius 1 is 1.39 bits per heavy atom. The van der Waals surface area contributed by atoms with Crippen LogP contribution in [0, 0.1) is 0 Å². The predicted octanol–water partition coefficient (Wildman–Crippen LogP) is 3.23. The zero-order chi connectivity index (χ0) is 21.8. The van der Waals surface area contributed by atoms with Crippen molar-refractivity contribution in [2.24, 2.45) is 0 Å². The molecular weight excluding hydrogens is 410 g/mol. The van der Waals surface area contributed by atoms with Gasteiger partial charge in [-0.15, -0.1) is 0 Å². The highest BCUT2D eigenvalue weighted by Crippen LogP contribution is 2.26. The second kappa shape index (κ2) is 9.80. The molecule has 2 unspecified atom stereocenters. The van der Waals surface area contributed by atoms with E-state index in [1.807, 2.05) is 24.1 Å². The largest absolute Gasteiger partial charge is 0.372 e. The number of thiazole rings is 1. The summed E-state index contributed by atoms with van der Waals surface area (Å²) in [6.07, 6.45) is 6.96. The van der Waals surface area contributed by atoms with E-state index in [4.69, 9.17) is 0 Å². The number of anilines is 1. The zero-order valence-corrected chi connectivity index (χ0v) is 19.0. The molecule has 166 valence electrons. The van der Waals surface area contributed by atoms with Crippen LogP contribution in [-0.2, 0) is 6.42 Å². The van der Waals surface area contributed by atoms with Gasteiger partial charge in [0.15, 0.2) is 5.13 Å². The number of β-amino-alcohol motifs (C(OH)–C–C–N with tert-alkyl or cyclic N) is 1. The molecule has 0 bridgehead atoms. The minimum Gasteiger partial charge on any atom is -0.372 e. The topological polar surface area (TPSA) is 84.5 Å². The predicted molar refractivity (Wildman–Crippen MR) is 126 cm³/mol. The van der Waals surface area contributed by atoms with Gasteiger partial charge in [0.2, 0.25) is 0 Å². The Balaban J connectivity index is 1.45. The SMILES string of the molecule is CCCCC(Cc1c[nH]c2ccccc12)NC(=O)c1cnc(N2CCN(C)CC2O)s1. The lowest BCUT2D eigenvalue weighted by Gasteiger charge is -2.36. The normalized spacial score (nSPS) is 18.4. The molecule has 1 amide bonds. The summed E-state index contributed by atoms with van der Waals surface area (Å²) in [5.41, 5.74) is 2.35. The van der Waals surface area contributed by atoms with Gasteiger partial charge in [0.25, 0.3) is 5.91 Å². The number of nitrogens with one attached hydrogen (secondary N) is 2. The number of piperazine rings is 1. The van der Waals surface area contributed by atoms with E-state index in [1.165, 1.54) is 22.3 Å². The molecule has 0 saturated carbocycles. The van der Waals surface area contributed by atoms with E-state index in [-0.39, 0.29) is 11.9 Å². The van der Waals surface area contributed by atoms with Gasteiger partial charge in [-0.2, -0.15) is 0 Å². The van der Waals surface area contributed by atoms with Crippen LogP contribution in [0.25, 0.3) is 10.9 Å². The quantitative estimate of drug-likeness (QED) is 0.500. The second-order valence-corrected chi connectivity index (χ2v) is 9.33. The summed E-state index contributed by atoms with van der Waals surface area (Å²) in [4.78, 5) is 25.3. The Labute approximate surface area is 187 Å². The molecule has 0 aliphatic carbocycles. The fourth-order valence-corrected chi connectivity index (χ4v) is 5.01. The number of likely N-dealkylation sites (N-methyl/N-ethyl adjacent to an activating group) is 1. The van der Waals surface area contributed by atoms with Gasteiger partial charge >= 0.3 is 0 Å². The number of carbonyl (C=O) groups is 1. The van der Waals surface area contributed by atoms with Gasteiger partial charge in [0.1, 0.15) is 11.1 Å². The second-order valence-electron chi connectivity index (χ2n) is 8.32. The van der Waals surface area contributed by atoms with Crippen LogP contribution >= 0.6 is 11.3 Å². The van der Waals surface area contributed by atoms with Gasteiger partial charge in [-0.25, -0.2) is 4.98 Å². The lowest BCUT2D eigenvalue weighted by atomic mass is 10.0. The maximum atomic E-state index is 13.0. The van der Waals surface area contributed by atoms with Crippen LogP contribution < -0.4 is 10.2 Å². The first-order chi connectivity index (χ1) is 15.0. The molecule has 4 rings (SSSR count). The van der Waals surface area contributed by atoms with Crippen molar-refractivity contribution in [1.82, 2.24) is 20.2 Å². The van der Waals surface area contributed by atoms with E-state index < -0.39 is 6.23 Å². The maximum absolute atomic E-state index is 13.0. The number of hydrogen-bond acceptors (Lipinski definition) is 6. The van der Waals surface area contributed by atoms with E-state index in [9.17, 15) is 9.90 Å². The fourth-order valence-electron chi connectivity index (χ4n) is 4.12. The summed E-state index contributed by atoms with van der Waals surface area (Å²) in [5, 5.41) is 15.5. The van der Waals surface area contributed by atoms with Crippen LogP contribution in [0.5, 0.6) is 0 Å². The molecule has 7 nitrogen and oxygen atoms in total. The molecule has 0 spiro atoms. The molecule has 1 aliphatic rings. The molecular formula is C23H31N5O2S. The Morgan fingerprint density at radius 2 is 2.23 bits per heavy atom. The Hall–Kier alpha value is -2.42. The van der Waals surface area contributed by atoms with Crippen LogP contribution in [0.15, 0.2) is 36.7 Å². The number of aromatic amines is 1. The van der Waals surface area contributed by atoms with Crippen molar-refractivity contribution in [3.8, 4) is 0 Å². The lowest BCUT2D eigenvalue weighted by molar-refractivity contribution is 0.0937. The zero-order valence-electron chi connectivity index (χ0n) is 18.2. The molecule has 3 heterocycles. The van der Waals surface area contributed by atoms with Crippen LogP contribution in [0.3, 0.4) is 0 Å². The molecule has 1 saturated heterocycles. The molecule has 3 aromatic rings. The summed E-state index contributed by atoms with van der Waals surface area (Å²) < 4.78 is 0. The summed E-state index contributed by atoms with van der Waals surface area (Å²) in [6, 6.07) is 8.33. The number of unbranched alkanes of at least 4 members (excludes halogenated alkanes) is 1. The van der Waals surface area contributed by atoms with Crippen molar-refractivity contribution in [2.75, 3.05) is 31.6 Å². The number of carbonyl (C=O) groups excluding carboxylic acids is 1. The Bertz CT molecular complexity index is 1020. The van der Waals surface area contributed by atoms with E-state index in [0.29, 0.717) is 23.1 Å². The van der Waals surface area contributed by atoms with Crippen molar-refractivity contribution in [3.63, 3.8) is 0 Å². The summed E-state index contributed by atoms with van der Waals surface area (Å²) in [6.45, 7) is 4.31. The van der Waals surface area contributed by atoms with Crippen molar-refractivity contribution in [3.05, 3.63) is 47.1 Å². The summed E-state index contributed by atoms with van der Waals surface area (Å²) in [7, 11) is 1.99. The number of H-pyrrole nitrogens is 1. The third-order valence-corrected chi connectivity index (χ3v) is 6.94. The highest BCUT2D eigenvalue weighted by molar-refractivity contribution is 7.17. The smallest absolute Gasteiger partial charge is 0.263 e. The van der Waals surface area contributed by atoms with Crippen molar-refractivity contribution >= 4 is 33.3 Å². The minimum atomic E-state index is -0.597. The molecule has 31 heavy (non-hydrogen) atoms. The first-order valence-corrected chi connectivity index (χ1v) is 11.8. The lowest BCUT2D eigenvalue weighted by Crippen LogP contribution is -2.51. The number of aliphatic hydroxyl groups excluding tert-OH is 1. The average Bonchev–Trinajstić information content (AvgIpc) is 3.40.